The van der Waals surface area contributed by atoms with Crippen LogP contribution in [-0.4, -0.2) is 50.8 Å². The number of sulfonamides is 1. The van der Waals surface area contributed by atoms with Gasteiger partial charge in [-0.05, 0) is 74.5 Å². The molecule has 6 nitrogen and oxygen atoms in total. The number of hydrogen-bond acceptors (Lipinski definition) is 5. The quantitative estimate of drug-likeness (QED) is 0.674. The van der Waals surface area contributed by atoms with Gasteiger partial charge in [-0.2, -0.15) is 0 Å². The molecular formula is C21H23ClN2O4S. The number of piperidine rings is 1. The van der Waals surface area contributed by atoms with Crippen LogP contribution in [0.2, 0.25) is 5.02 Å². The minimum Gasteiger partial charge on any atom is -0.296 e. The van der Waals surface area contributed by atoms with Crippen LogP contribution >= 0.6 is 11.6 Å². The van der Waals surface area contributed by atoms with Crippen molar-refractivity contribution in [3.63, 3.8) is 0 Å². The van der Waals surface area contributed by atoms with Crippen LogP contribution in [0.5, 0.6) is 0 Å². The lowest BCUT2D eigenvalue weighted by Crippen LogP contribution is -2.39. The molecule has 0 radical (unpaired) electrons. The highest BCUT2D eigenvalue weighted by molar-refractivity contribution is 7.92. The van der Waals surface area contributed by atoms with Gasteiger partial charge in [0.2, 0.25) is 10.0 Å². The molecule has 1 saturated heterocycles. The molecule has 3 rings (SSSR count). The Morgan fingerprint density at radius 3 is 2.10 bits per heavy atom. The number of nitrogens with one attached hydrogen (secondary N) is 1. The van der Waals surface area contributed by atoms with E-state index in [0.717, 1.165) is 6.26 Å². The highest BCUT2D eigenvalue weighted by atomic mass is 35.5. The fraction of sp³-hybridized carbons (Fsp3) is 0.333. The fourth-order valence-corrected chi connectivity index (χ4v) is 4.13. The molecule has 0 atom stereocenters. The largest absolute Gasteiger partial charge is 0.296 e. The van der Waals surface area contributed by atoms with E-state index in [-0.39, 0.29) is 24.0 Å². The highest BCUT2D eigenvalue weighted by Crippen LogP contribution is 2.23. The molecule has 154 valence electrons. The van der Waals surface area contributed by atoms with E-state index < -0.39 is 10.0 Å². The summed E-state index contributed by atoms with van der Waals surface area (Å²) in [6.07, 6.45) is 2.51. The van der Waals surface area contributed by atoms with Crippen molar-refractivity contribution in [2.24, 2.45) is 5.92 Å². The van der Waals surface area contributed by atoms with Crippen molar-refractivity contribution < 1.29 is 18.0 Å². The second-order valence-corrected chi connectivity index (χ2v) is 9.48. The Kier molecular flexibility index (Phi) is 6.72. The molecule has 2 aromatic rings. The molecule has 1 aliphatic heterocycles. The van der Waals surface area contributed by atoms with Crippen LogP contribution < -0.4 is 4.72 Å². The molecule has 1 heterocycles. The molecule has 8 heteroatoms. The molecule has 0 amide bonds. The Bertz CT molecular complexity index is 980. The number of carbonyl (C=O) groups excluding carboxylic acids is 2. The van der Waals surface area contributed by atoms with Gasteiger partial charge in [0.1, 0.15) is 0 Å². The van der Waals surface area contributed by atoms with Gasteiger partial charge in [0.15, 0.2) is 11.6 Å². The highest BCUT2D eigenvalue weighted by Gasteiger charge is 2.26. The molecule has 1 N–H and O–H groups in total. The van der Waals surface area contributed by atoms with Gasteiger partial charge in [0.05, 0.1) is 12.8 Å². The minimum absolute atomic E-state index is 0.0293. The molecule has 0 aromatic heterocycles. The van der Waals surface area contributed by atoms with Crippen molar-refractivity contribution in [2.45, 2.75) is 12.8 Å². The van der Waals surface area contributed by atoms with Gasteiger partial charge < -0.3 is 0 Å². The lowest BCUT2D eigenvalue weighted by atomic mass is 9.89. The van der Waals surface area contributed by atoms with Crippen molar-refractivity contribution in [3.8, 4) is 0 Å². The number of likely N-dealkylation sites (tertiary alicyclic amines) is 1. The number of halogens is 1. The first-order valence-electron chi connectivity index (χ1n) is 9.34. The summed E-state index contributed by atoms with van der Waals surface area (Å²) in [5.41, 5.74) is 1.63. The van der Waals surface area contributed by atoms with Gasteiger partial charge in [0.25, 0.3) is 0 Å². The van der Waals surface area contributed by atoms with Crippen LogP contribution in [0.4, 0.5) is 5.69 Å². The van der Waals surface area contributed by atoms with Gasteiger partial charge in [-0.3, -0.25) is 19.2 Å². The smallest absolute Gasteiger partial charge is 0.229 e. The van der Waals surface area contributed by atoms with Gasteiger partial charge in [-0.1, -0.05) is 11.6 Å². The zero-order valence-electron chi connectivity index (χ0n) is 16.1. The average Bonchev–Trinajstić information content (AvgIpc) is 2.68. The standard InChI is InChI=1S/C21H23ClN2O4S/c1-29(27,28)23-19-8-4-15(5-9-19)20(25)14-24-12-10-17(11-13-24)21(26)16-2-6-18(22)7-3-16/h2-9,17,23H,10-14H2,1H3. The van der Waals surface area contributed by atoms with Crippen LogP contribution in [0, 0.1) is 5.92 Å². The lowest BCUT2D eigenvalue weighted by Gasteiger charge is -2.30. The van der Waals surface area contributed by atoms with Crippen LogP contribution in [0.25, 0.3) is 0 Å². The average molecular weight is 435 g/mol. The second kappa shape index (κ2) is 9.07. The zero-order valence-corrected chi connectivity index (χ0v) is 17.7. The maximum atomic E-state index is 12.6. The van der Waals surface area contributed by atoms with E-state index in [9.17, 15) is 18.0 Å². The molecule has 1 aliphatic rings. The molecule has 0 unspecified atom stereocenters. The van der Waals surface area contributed by atoms with E-state index >= 15 is 0 Å². The van der Waals surface area contributed by atoms with Gasteiger partial charge in [-0.25, -0.2) is 8.42 Å². The van der Waals surface area contributed by atoms with Crippen LogP contribution in [0.15, 0.2) is 48.5 Å². The first kappa shape index (κ1) is 21.5. The van der Waals surface area contributed by atoms with E-state index in [2.05, 4.69) is 9.62 Å². The van der Waals surface area contributed by atoms with Crippen LogP contribution in [-0.2, 0) is 10.0 Å². The normalized spacial score (nSPS) is 15.8. The van der Waals surface area contributed by atoms with Crippen molar-refractivity contribution in [1.82, 2.24) is 4.90 Å². The van der Waals surface area contributed by atoms with E-state index in [1.165, 1.54) is 0 Å². The number of ketones is 2. The summed E-state index contributed by atoms with van der Waals surface area (Å²) in [6.45, 7) is 1.65. The number of Topliss-reactive ketones (excluding diaryl/α,β-unsaturated/α-hetero) is 2. The Balaban J connectivity index is 1.51. The Morgan fingerprint density at radius 1 is 1.00 bits per heavy atom. The third-order valence-corrected chi connectivity index (χ3v) is 5.82. The number of anilines is 1. The summed E-state index contributed by atoms with van der Waals surface area (Å²) >= 11 is 5.88. The first-order valence-corrected chi connectivity index (χ1v) is 11.6. The number of benzene rings is 2. The fourth-order valence-electron chi connectivity index (χ4n) is 3.44. The van der Waals surface area contributed by atoms with E-state index in [1.54, 1.807) is 48.5 Å². The maximum absolute atomic E-state index is 12.6. The molecule has 29 heavy (non-hydrogen) atoms. The lowest BCUT2D eigenvalue weighted by molar-refractivity contribution is 0.0805. The predicted molar refractivity (Wildman–Crippen MR) is 114 cm³/mol. The second-order valence-electron chi connectivity index (χ2n) is 7.30. The zero-order chi connectivity index (χ0) is 21.0. The summed E-state index contributed by atoms with van der Waals surface area (Å²) in [5.74, 6) is 0.0591. The molecule has 0 saturated carbocycles. The van der Waals surface area contributed by atoms with E-state index in [0.29, 0.717) is 47.8 Å². The van der Waals surface area contributed by atoms with Crippen molar-refractivity contribution >= 4 is 38.9 Å². The molecule has 0 spiro atoms. The summed E-state index contributed by atoms with van der Waals surface area (Å²) in [6, 6.07) is 13.3. The number of nitrogens with zero attached hydrogens (tertiary/aromatic N) is 1. The number of hydrogen-bond donors (Lipinski definition) is 1. The summed E-state index contributed by atoms with van der Waals surface area (Å²) < 4.78 is 24.9. The Labute approximate surface area is 175 Å². The van der Waals surface area contributed by atoms with Gasteiger partial charge in [-0.15, -0.1) is 0 Å². The molecule has 2 aromatic carbocycles. The Morgan fingerprint density at radius 2 is 1.55 bits per heavy atom. The number of rotatable bonds is 7. The molecular weight excluding hydrogens is 412 g/mol. The third kappa shape index (κ3) is 6.13. The van der Waals surface area contributed by atoms with E-state index in [4.69, 9.17) is 11.6 Å². The van der Waals surface area contributed by atoms with Crippen molar-refractivity contribution in [2.75, 3.05) is 30.6 Å². The van der Waals surface area contributed by atoms with E-state index in [1.807, 2.05) is 0 Å². The summed E-state index contributed by atoms with van der Waals surface area (Å²) in [5, 5.41) is 0.606. The minimum atomic E-state index is -3.34. The molecule has 0 aliphatic carbocycles. The van der Waals surface area contributed by atoms with Crippen LogP contribution in [0.1, 0.15) is 33.6 Å². The first-order chi connectivity index (χ1) is 13.7. The Hall–Kier alpha value is -2.22. The monoisotopic (exact) mass is 434 g/mol. The van der Waals surface area contributed by atoms with Crippen molar-refractivity contribution in [3.05, 3.63) is 64.7 Å². The molecule has 0 bridgehead atoms. The summed E-state index contributed by atoms with van der Waals surface area (Å²) in [4.78, 5) is 27.2. The third-order valence-electron chi connectivity index (χ3n) is 4.96. The molecule has 1 fully saturated rings. The number of carbonyl (C=O) groups is 2. The maximum Gasteiger partial charge on any atom is 0.229 e. The topological polar surface area (TPSA) is 83.6 Å². The predicted octanol–water partition coefficient (Wildman–Crippen LogP) is 3.49. The van der Waals surface area contributed by atoms with Crippen LogP contribution in [0.3, 0.4) is 0 Å². The van der Waals surface area contributed by atoms with Gasteiger partial charge in [0, 0.05) is 27.8 Å². The van der Waals surface area contributed by atoms with Gasteiger partial charge >= 0.3 is 0 Å². The van der Waals surface area contributed by atoms with Crippen molar-refractivity contribution in [1.29, 1.82) is 0 Å². The SMILES string of the molecule is CS(=O)(=O)Nc1ccc(C(=O)CN2CCC(C(=O)c3ccc(Cl)cc3)CC2)cc1. The summed E-state index contributed by atoms with van der Waals surface area (Å²) in [7, 11) is -3.34.